The number of carbonyl (C=O) groups excluding carboxylic acids is 2. The summed E-state index contributed by atoms with van der Waals surface area (Å²) in [4.78, 5) is 22.1. The first-order valence-electron chi connectivity index (χ1n) is 4.55. The molecule has 0 saturated heterocycles. The van der Waals surface area contributed by atoms with Gasteiger partial charge in [-0.25, -0.2) is 0 Å². The van der Waals surface area contributed by atoms with E-state index in [0.29, 0.717) is 5.75 Å². The van der Waals surface area contributed by atoms with Gasteiger partial charge in [-0.05, 0) is 12.1 Å². The van der Waals surface area contributed by atoms with Gasteiger partial charge in [0.2, 0.25) is 5.91 Å². The molecule has 0 unspecified atom stereocenters. The van der Waals surface area contributed by atoms with E-state index in [1.807, 2.05) is 0 Å². The lowest BCUT2D eigenvalue weighted by atomic mass is 10.2. The smallest absolute Gasteiger partial charge is 0.251 e. The van der Waals surface area contributed by atoms with Crippen LogP contribution in [0.2, 0.25) is 10.0 Å². The van der Waals surface area contributed by atoms with Gasteiger partial charge in [0, 0.05) is 5.56 Å². The number of carbonyl (C=O) groups is 2. The van der Waals surface area contributed by atoms with E-state index in [-0.39, 0.29) is 22.2 Å². The van der Waals surface area contributed by atoms with Gasteiger partial charge in [0.1, 0.15) is 0 Å². The lowest BCUT2D eigenvalue weighted by Crippen LogP contribution is -2.33. The highest BCUT2D eigenvalue weighted by Crippen LogP contribution is 2.33. The zero-order valence-electron chi connectivity index (χ0n) is 8.92. The lowest BCUT2D eigenvalue weighted by Gasteiger charge is -2.08. The van der Waals surface area contributed by atoms with Gasteiger partial charge >= 0.3 is 0 Å². The number of rotatable bonds is 4. The predicted molar refractivity (Wildman–Crippen MR) is 64.5 cm³/mol. The fourth-order valence-electron chi connectivity index (χ4n) is 1.16. The van der Waals surface area contributed by atoms with Gasteiger partial charge in [-0.15, -0.1) is 0 Å². The van der Waals surface area contributed by atoms with E-state index in [0.717, 1.165) is 0 Å². The number of nitrogens with two attached hydrogens (primary N) is 1. The van der Waals surface area contributed by atoms with Crippen molar-refractivity contribution in [1.29, 1.82) is 0 Å². The maximum Gasteiger partial charge on any atom is 0.251 e. The van der Waals surface area contributed by atoms with Crippen LogP contribution in [-0.4, -0.2) is 25.5 Å². The Balaban J connectivity index is 2.92. The van der Waals surface area contributed by atoms with E-state index in [2.05, 4.69) is 5.32 Å². The second-order valence-electron chi connectivity index (χ2n) is 3.12. The van der Waals surface area contributed by atoms with Gasteiger partial charge in [-0.2, -0.15) is 0 Å². The lowest BCUT2D eigenvalue weighted by molar-refractivity contribution is -0.117. The van der Waals surface area contributed by atoms with Crippen molar-refractivity contribution in [1.82, 2.24) is 5.32 Å². The Morgan fingerprint density at radius 2 is 1.88 bits per heavy atom. The number of ether oxygens (including phenoxy) is 1. The summed E-state index contributed by atoms with van der Waals surface area (Å²) in [6.45, 7) is -0.250. The molecule has 0 aromatic heterocycles. The monoisotopic (exact) mass is 276 g/mol. The van der Waals surface area contributed by atoms with Crippen molar-refractivity contribution in [3.63, 3.8) is 0 Å². The molecular formula is C10H10Cl2N2O3. The van der Waals surface area contributed by atoms with Crippen molar-refractivity contribution >= 4 is 35.0 Å². The van der Waals surface area contributed by atoms with Gasteiger partial charge < -0.3 is 15.8 Å². The third-order valence-electron chi connectivity index (χ3n) is 1.89. The van der Waals surface area contributed by atoms with E-state index in [9.17, 15) is 9.59 Å². The standard InChI is InChI=1S/C10H10Cl2N2O3/c1-17-9-6(11)2-5(3-7(9)12)10(16)14-4-8(13)15/h2-3H,4H2,1H3,(H2,13,15)(H,14,16). The molecule has 0 saturated carbocycles. The molecule has 0 spiro atoms. The summed E-state index contributed by atoms with van der Waals surface area (Å²) in [5, 5.41) is 2.74. The predicted octanol–water partition coefficient (Wildman–Crippen LogP) is 1.22. The Bertz CT molecular complexity index is 440. The van der Waals surface area contributed by atoms with Crippen LogP contribution in [0.1, 0.15) is 10.4 Å². The molecule has 0 radical (unpaired) electrons. The minimum Gasteiger partial charge on any atom is -0.494 e. The fraction of sp³-hybridized carbons (Fsp3) is 0.200. The molecule has 2 amide bonds. The second-order valence-corrected chi connectivity index (χ2v) is 3.94. The first-order chi connectivity index (χ1) is 7.95. The number of nitrogens with one attached hydrogen (secondary N) is 1. The van der Waals surface area contributed by atoms with Crippen LogP contribution in [0.3, 0.4) is 0 Å². The molecule has 0 heterocycles. The number of primary amides is 1. The normalized spacial score (nSPS) is 9.82. The molecule has 1 aromatic rings. The topological polar surface area (TPSA) is 81.4 Å². The number of hydrogen-bond acceptors (Lipinski definition) is 3. The summed E-state index contributed by atoms with van der Waals surface area (Å²) in [5.74, 6) is -0.834. The highest BCUT2D eigenvalue weighted by Gasteiger charge is 2.13. The zero-order chi connectivity index (χ0) is 13.0. The first kappa shape index (κ1) is 13.6. The van der Waals surface area contributed by atoms with Crippen molar-refractivity contribution in [3.8, 4) is 5.75 Å². The molecule has 0 atom stereocenters. The summed E-state index contributed by atoms with van der Waals surface area (Å²) in [6, 6.07) is 2.78. The molecule has 1 aromatic carbocycles. The Hall–Kier alpha value is -1.46. The van der Waals surface area contributed by atoms with Crippen LogP contribution in [-0.2, 0) is 4.79 Å². The highest BCUT2D eigenvalue weighted by atomic mass is 35.5. The van der Waals surface area contributed by atoms with E-state index in [4.69, 9.17) is 33.7 Å². The van der Waals surface area contributed by atoms with Crippen LogP contribution in [0.15, 0.2) is 12.1 Å². The Kier molecular flexibility index (Phi) is 4.60. The van der Waals surface area contributed by atoms with Crippen molar-refractivity contribution in [2.45, 2.75) is 0 Å². The van der Waals surface area contributed by atoms with Crippen LogP contribution < -0.4 is 15.8 Å². The number of methoxy groups -OCH3 is 1. The van der Waals surface area contributed by atoms with Crippen molar-refractivity contribution in [2.75, 3.05) is 13.7 Å². The first-order valence-corrected chi connectivity index (χ1v) is 5.30. The molecule has 3 N–H and O–H groups in total. The Labute approximate surface area is 108 Å². The quantitative estimate of drug-likeness (QED) is 0.868. The number of amides is 2. The molecule has 0 bridgehead atoms. The number of halogens is 2. The van der Waals surface area contributed by atoms with Crippen LogP contribution in [0.5, 0.6) is 5.75 Å². The molecule has 0 aliphatic heterocycles. The second kappa shape index (κ2) is 5.75. The van der Waals surface area contributed by atoms with Crippen molar-refractivity contribution < 1.29 is 14.3 Å². The van der Waals surface area contributed by atoms with Gasteiger partial charge in [-0.3, -0.25) is 9.59 Å². The largest absolute Gasteiger partial charge is 0.494 e. The fourth-order valence-corrected chi connectivity index (χ4v) is 1.80. The van der Waals surface area contributed by atoms with E-state index in [1.54, 1.807) is 0 Å². The Morgan fingerprint density at radius 3 is 2.29 bits per heavy atom. The van der Waals surface area contributed by atoms with Gasteiger partial charge in [0.25, 0.3) is 5.91 Å². The summed E-state index contributed by atoms with van der Waals surface area (Å²) in [7, 11) is 1.42. The van der Waals surface area contributed by atoms with Gasteiger partial charge in [-0.1, -0.05) is 23.2 Å². The third-order valence-corrected chi connectivity index (χ3v) is 2.45. The molecule has 17 heavy (non-hydrogen) atoms. The molecule has 7 heteroatoms. The van der Waals surface area contributed by atoms with Crippen molar-refractivity contribution in [3.05, 3.63) is 27.7 Å². The molecule has 92 valence electrons. The molecule has 0 aliphatic carbocycles. The van der Waals surface area contributed by atoms with Crippen molar-refractivity contribution in [2.24, 2.45) is 5.73 Å². The summed E-state index contributed by atoms with van der Waals surface area (Å²) >= 11 is 11.7. The van der Waals surface area contributed by atoms with E-state index >= 15 is 0 Å². The van der Waals surface area contributed by atoms with E-state index < -0.39 is 11.8 Å². The molecule has 5 nitrogen and oxygen atoms in total. The van der Waals surface area contributed by atoms with Crippen LogP contribution in [0.25, 0.3) is 0 Å². The van der Waals surface area contributed by atoms with Gasteiger partial charge in [0.05, 0.1) is 23.7 Å². The highest BCUT2D eigenvalue weighted by molar-refractivity contribution is 6.37. The average molecular weight is 277 g/mol. The van der Waals surface area contributed by atoms with Crippen LogP contribution in [0, 0.1) is 0 Å². The van der Waals surface area contributed by atoms with Crippen LogP contribution >= 0.6 is 23.2 Å². The number of hydrogen-bond donors (Lipinski definition) is 2. The summed E-state index contributed by atoms with van der Waals surface area (Å²) in [6.07, 6.45) is 0. The third kappa shape index (κ3) is 3.51. The average Bonchev–Trinajstić information content (AvgIpc) is 2.25. The summed E-state index contributed by atoms with van der Waals surface area (Å²) < 4.78 is 4.94. The minimum atomic E-state index is -0.635. The van der Waals surface area contributed by atoms with Crippen LogP contribution in [0.4, 0.5) is 0 Å². The molecule has 1 rings (SSSR count). The summed E-state index contributed by atoms with van der Waals surface area (Å²) in [5.41, 5.74) is 5.12. The Morgan fingerprint density at radius 1 is 1.35 bits per heavy atom. The molecular weight excluding hydrogens is 267 g/mol. The SMILES string of the molecule is COc1c(Cl)cc(C(=O)NCC(N)=O)cc1Cl. The zero-order valence-corrected chi connectivity index (χ0v) is 10.4. The van der Waals surface area contributed by atoms with E-state index in [1.165, 1.54) is 19.2 Å². The molecule has 0 fully saturated rings. The maximum atomic E-state index is 11.6. The van der Waals surface area contributed by atoms with Gasteiger partial charge in [0.15, 0.2) is 5.75 Å². The number of benzene rings is 1. The maximum absolute atomic E-state index is 11.6. The molecule has 0 aliphatic rings. The minimum absolute atomic E-state index is 0.212.